The van der Waals surface area contributed by atoms with E-state index in [1.54, 1.807) is 18.7 Å². The fourth-order valence-electron chi connectivity index (χ4n) is 1.46. The van der Waals surface area contributed by atoms with Crippen LogP contribution in [0, 0.1) is 13.8 Å². The van der Waals surface area contributed by atoms with Crippen LogP contribution >= 0.6 is 0 Å². The molecule has 4 heteroatoms. The Labute approximate surface area is 97.6 Å². The number of rotatable bonds is 3. The monoisotopic (exact) mass is 226 g/mol. The van der Waals surface area contributed by atoms with Crippen molar-refractivity contribution in [3.05, 3.63) is 17.0 Å². The summed E-state index contributed by atoms with van der Waals surface area (Å²) in [6.45, 7) is 12.9. The zero-order chi connectivity index (χ0) is 12.7. The molecule has 0 aliphatic heterocycles. The molecule has 0 saturated heterocycles. The number of aryl methyl sites for hydroxylation is 2. The van der Waals surface area contributed by atoms with E-state index in [0.717, 1.165) is 0 Å². The van der Waals surface area contributed by atoms with Crippen LogP contribution < -0.4 is 0 Å². The number of carbonyl (C=O) groups excluding carboxylic acids is 1. The summed E-state index contributed by atoms with van der Waals surface area (Å²) < 4.78 is 4.96. The fraction of sp³-hybridized carbons (Fsp3) is 0.667. The van der Waals surface area contributed by atoms with Crippen LogP contribution in [0.5, 0.6) is 0 Å². The summed E-state index contributed by atoms with van der Waals surface area (Å²) in [5.41, 5.74) is 1.27. The maximum absolute atomic E-state index is 11.9. The zero-order valence-electron chi connectivity index (χ0n) is 11.1. The van der Waals surface area contributed by atoms with Gasteiger partial charge < -0.3 is 9.42 Å². The van der Waals surface area contributed by atoms with Gasteiger partial charge in [0.2, 0.25) is 0 Å². The van der Waals surface area contributed by atoms with Crippen LogP contribution in [0.25, 0.3) is 0 Å². The Morgan fingerprint density at radius 1 is 1.25 bits per heavy atom. The van der Waals surface area contributed by atoms with Crippen LogP contribution in [0.4, 0.5) is 0 Å². The third-order valence-electron chi connectivity index (χ3n) is 2.30. The van der Waals surface area contributed by atoms with Crippen molar-refractivity contribution < 1.29 is 9.32 Å². The summed E-state index contributed by atoms with van der Waals surface area (Å²) in [5, 5.41) is 3.77. The first-order chi connectivity index (χ1) is 7.61. The van der Waals surface area contributed by atoms with Gasteiger partial charge in [-0.25, -0.2) is 0 Å². The van der Waals surface area contributed by atoms with Gasteiger partial charge in [-0.1, -0.05) is 19.0 Å². The number of hydrogen-bond donors (Lipinski definition) is 0. The van der Waals surface area contributed by atoms with Crippen molar-refractivity contribution in [3.63, 3.8) is 0 Å². The Hall–Kier alpha value is -1.32. The van der Waals surface area contributed by atoms with Gasteiger partial charge in [-0.3, -0.25) is 4.79 Å². The molecule has 16 heavy (non-hydrogen) atoms. The van der Waals surface area contributed by atoms with Crippen molar-refractivity contribution in [2.24, 2.45) is 0 Å². The third-order valence-corrected chi connectivity index (χ3v) is 2.30. The molecule has 0 unspecified atom stereocenters. The molecule has 1 aromatic rings. The summed E-state index contributed by atoms with van der Waals surface area (Å²) >= 11 is 0. The van der Waals surface area contributed by atoms with Crippen molar-refractivity contribution in [2.45, 2.75) is 41.5 Å². The summed E-state index contributed by atoms with van der Waals surface area (Å²) in [7, 11) is 0. The van der Waals surface area contributed by atoms with E-state index < -0.39 is 0 Å². The lowest BCUT2D eigenvalue weighted by atomic mass is 10.2. The molecule has 0 saturated carbocycles. The van der Waals surface area contributed by atoms with Gasteiger partial charge in [-0.05, 0) is 27.7 Å². The van der Waals surface area contributed by atoms with E-state index >= 15 is 0 Å². The van der Waals surface area contributed by atoms with E-state index in [9.17, 15) is 4.79 Å². The Morgan fingerprint density at radius 3 is 2.06 bits per heavy atom. The Kier molecular flexibility index (Phi) is 6.46. The summed E-state index contributed by atoms with van der Waals surface area (Å²) in [6, 6.07) is 0. The van der Waals surface area contributed by atoms with Gasteiger partial charge in [0.15, 0.2) is 0 Å². The molecule has 0 bridgehead atoms. The predicted molar refractivity (Wildman–Crippen MR) is 64.6 cm³/mol. The van der Waals surface area contributed by atoms with Gasteiger partial charge >= 0.3 is 0 Å². The van der Waals surface area contributed by atoms with E-state index in [1.165, 1.54) is 0 Å². The minimum absolute atomic E-state index is 0.00579. The van der Waals surface area contributed by atoms with Crippen molar-refractivity contribution in [1.29, 1.82) is 0 Å². The van der Waals surface area contributed by atoms with Crippen molar-refractivity contribution in [3.8, 4) is 0 Å². The quantitative estimate of drug-likeness (QED) is 0.796. The zero-order valence-corrected chi connectivity index (χ0v) is 11.1. The molecule has 0 N–H and O–H groups in total. The number of carbonyl (C=O) groups is 1. The van der Waals surface area contributed by atoms with Crippen LogP contribution in [0.15, 0.2) is 4.52 Å². The Bertz CT molecular complexity index is 308. The summed E-state index contributed by atoms with van der Waals surface area (Å²) in [6.07, 6.45) is 0. The van der Waals surface area contributed by atoms with Gasteiger partial charge in [0, 0.05) is 13.1 Å². The highest BCUT2D eigenvalue weighted by Crippen LogP contribution is 2.14. The number of hydrogen-bond acceptors (Lipinski definition) is 3. The molecular weight excluding hydrogens is 204 g/mol. The van der Waals surface area contributed by atoms with Gasteiger partial charge in [0.05, 0.1) is 5.69 Å². The minimum Gasteiger partial charge on any atom is -0.361 e. The van der Waals surface area contributed by atoms with E-state index in [0.29, 0.717) is 30.1 Å². The topological polar surface area (TPSA) is 46.3 Å². The lowest BCUT2D eigenvalue weighted by Gasteiger charge is -2.17. The standard InChI is InChI=1S/C10H16N2O2.C2H6/c1-5-12(6-2)10(13)9-7(3)11-14-8(9)4;1-2/h5-6H2,1-4H3;1-2H3. The second kappa shape index (κ2) is 7.04. The van der Waals surface area contributed by atoms with Crippen molar-refractivity contribution >= 4 is 5.91 Å². The second-order valence-corrected chi connectivity index (χ2v) is 3.18. The Morgan fingerprint density at radius 2 is 1.75 bits per heavy atom. The summed E-state index contributed by atoms with van der Waals surface area (Å²) in [5.74, 6) is 0.602. The van der Waals surface area contributed by atoms with Gasteiger partial charge in [-0.15, -0.1) is 0 Å². The van der Waals surface area contributed by atoms with Crippen LogP contribution in [-0.4, -0.2) is 29.1 Å². The highest BCUT2D eigenvalue weighted by molar-refractivity contribution is 5.96. The highest BCUT2D eigenvalue weighted by Gasteiger charge is 2.20. The fourth-order valence-corrected chi connectivity index (χ4v) is 1.46. The third kappa shape index (κ3) is 3.08. The lowest BCUT2D eigenvalue weighted by Crippen LogP contribution is -2.31. The maximum atomic E-state index is 11.9. The lowest BCUT2D eigenvalue weighted by molar-refractivity contribution is 0.0770. The smallest absolute Gasteiger partial charge is 0.259 e. The second-order valence-electron chi connectivity index (χ2n) is 3.18. The van der Waals surface area contributed by atoms with Crippen molar-refractivity contribution in [1.82, 2.24) is 10.1 Å². The van der Waals surface area contributed by atoms with Crippen LogP contribution in [-0.2, 0) is 0 Å². The van der Waals surface area contributed by atoms with Gasteiger partial charge in [0.25, 0.3) is 5.91 Å². The largest absolute Gasteiger partial charge is 0.361 e. The maximum Gasteiger partial charge on any atom is 0.259 e. The molecule has 4 nitrogen and oxygen atoms in total. The van der Waals surface area contributed by atoms with E-state index in [4.69, 9.17) is 4.52 Å². The molecule has 92 valence electrons. The van der Waals surface area contributed by atoms with Crippen LogP contribution in [0.3, 0.4) is 0 Å². The average Bonchev–Trinajstić information content (AvgIpc) is 2.63. The first-order valence-electron chi connectivity index (χ1n) is 5.83. The molecule has 1 heterocycles. The molecule has 0 fully saturated rings. The number of aromatic nitrogens is 1. The number of amides is 1. The SMILES string of the molecule is CC.CCN(CC)C(=O)c1c(C)noc1C. The normalized spacial score (nSPS) is 9.38. The molecule has 1 amide bonds. The molecular formula is C12H22N2O2. The molecule has 0 radical (unpaired) electrons. The molecule has 0 aromatic carbocycles. The van der Waals surface area contributed by atoms with Gasteiger partial charge in [-0.2, -0.15) is 0 Å². The van der Waals surface area contributed by atoms with Gasteiger partial charge in [0.1, 0.15) is 11.3 Å². The minimum atomic E-state index is 0.00579. The van der Waals surface area contributed by atoms with E-state index in [1.807, 2.05) is 27.7 Å². The average molecular weight is 226 g/mol. The number of nitrogens with zero attached hydrogens (tertiary/aromatic N) is 2. The first kappa shape index (κ1) is 14.7. The molecule has 0 aliphatic carbocycles. The van der Waals surface area contributed by atoms with Crippen molar-refractivity contribution in [2.75, 3.05) is 13.1 Å². The molecule has 1 rings (SSSR count). The van der Waals surface area contributed by atoms with Crippen LogP contribution in [0.1, 0.15) is 49.5 Å². The summed E-state index contributed by atoms with van der Waals surface area (Å²) in [4.78, 5) is 13.7. The molecule has 1 aromatic heterocycles. The molecule has 0 spiro atoms. The first-order valence-corrected chi connectivity index (χ1v) is 5.83. The van der Waals surface area contributed by atoms with E-state index in [-0.39, 0.29) is 5.91 Å². The Balaban J connectivity index is 0.00000106. The molecule has 0 atom stereocenters. The van der Waals surface area contributed by atoms with E-state index in [2.05, 4.69) is 5.16 Å². The predicted octanol–water partition coefficient (Wildman–Crippen LogP) is 2.80. The highest BCUT2D eigenvalue weighted by atomic mass is 16.5. The van der Waals surface area contributed by atoms with Crippen LogP contribution in [0.2, 0.25) is 0 Å². The molecule has 0 aliphatic rings.